The lowest BCUT2D eigenvalue weighted by atomic mass is 9.62. The van der Waals surface area contributed by atoms with Gasteiger partial charge in [0.15, 0.2) is 0 Å². The highest BCUT2D eigenvalue weighted by Gasteiger charge is 2.49. The summed E-state index contributed by atoms with van der Waals surface area (Å²) in [5.74, 6) is 0. The Morgan fingerprint density at radius 1 is 1.56 bits per heavy atom. The molecule has 1 atom stereocenters. The standard InChI is InChI=1S/C8H15F2N3O2S/c9-7(10)3-13(16(14)15)12-6-1-8(2-6)4-11-5-8/h6-7,11-12H,1-5H2,(H,14,15). The summed E-state index contributed by atoms with van der Waals surface area (Å²) in [6, 6.07) is 0.0388. The zero-order valence-corrected chi connectivity index (χ0v) is 9.47. The zero-order chi connectivity index (χ0) is 11.8. The molecule has 1 aliphatic heterocycles. The van der Waals surface area contributed by atoms with Crippen molar-refractivity contribution in [2.75, 3.05) is 19.6 Å². The molecule has 5 nitrogen and oxygen atoms in total. The van der Waals surface area contributed by atoms with Crippen molar-refractivity contribution in [3.05, 3.63) is 0 Å². The zero-order valence-electron chi connectivity index (χ0n) is 8.66. The molecular weight excluding hydrogens is 240 g/mol. The van der Waals surface area contributed by atoms with E-state index in [1.54, 1.807) is 0 Å². The summed E-state index contributed by atoms with van der Waals surface area (Å²) in [4.78, 5) is 0. The fraction of sp³-hybridized carbons (Fsp3) is 1.00. The molecule has 0 bridgehead atoms. The fourth-order valence-electron chi connectivity index (χ4n) is 2.33. The Balaban J connectivity index is 1.76. The first-order chi connectivity index (χ1) is 7.51. The van der Waals surface area contributed by atoms with E-state index in [9.17, 15) is 13.0 Å². The van der Waals surface area contributed by atoms with Gasteiger partial charge in [-0.3, -0.25) is 4.55 Å². The number of hydrogen-bond donors (Lipinski definition) is 3. The minimum atomic E-state index is -2.62. The lowest BCUT2D eigenvalue weighted by molar-refractivity contribution is -0.00499. The first-order valence-corrected chi connectivity index (χ1v) is 6.21. The predicted molar refractivity (Wildman–Crippen MR) is 54.9 cm³/mol. The molecule has 2 aliphatic rings. The van der Waals surface area contributed by atoms with Crippen molar-refractivity contribution >= 4 is 11.3 Å². The molecule has 1 unspecified atom stereocenters. The number of rotatable bonds is 5. The maximum atomic E-state index is 12.1. The molecule has 2 rings (SSSR count). The van der Waals surface area contributed by atoms with Crippen molar-refractivity contribution in [3.63, 3.8) is 0 Å². The van der Waals surface area contributed by atoms with Crippen LogP contribution < -0.4 is 10.7 Å². The highest BCUT2D eigenvalue weighted by molar-refractivity contribution is 7.76. The van der Waals surface area contributed by atoms with Gasteiger partial charge in [0.05, 0.1) is 6.54 Å². The number of nitrogens with zero attached hydrogens (tertiary/aromatic N) is 1. The minimum Gasteiger partial charge on any atom is -0.316 e. The van der Waals surface area contributed by atoms with Crippen LogP contribution in [-0.4, -0.2) is 45.3 Å². The molecule has 1 saturated carbocycles. The summed E-state index contributed by atoms with van der Waals surface area (Å²) in [5, 5.41) is 3.16. The van der Waals surface area contributed by atoms with E-state index in [2.05, 4.69) is 10.7 Å². The summed E-state index contributed by atoms with van der Waals surface area (Å²) in [5.41, 5.74) is 2.99. The Morgan fingerprint density at radius 2 is 2.19 bits per heavy atom. The van der Waals surface area contributed by atoms with Gasteiger partial charge in [0.1, 0.15) is 0 Å². The van der Waals surface area contributed by atoms with E-state index in [1.807, 2.05) is 0 Å². The average molecular weight is 255 g/mol. The van der Waals surface area contributed by atoms with Crippen molar-refractivity contribution < 1.29 is 17.5 Å². The third-order valence-corrected chi connectivity index (χ3v) is 3.81. The largest absolute Gasteiger partial charge is 0.316 e. The molecule has 0 aromatic carbocycles. The SMILES string of the molecule is O=S(O)N(CC(F)F)NC1CC2(CNC2)C1. The smallest absolute Gasteiger partial charge is 0.253 e. The molecule has 16 heavy (non-hydrogen) atoms. The number of hydrazine groups is 1. The Kier molecular flexibility index (Phi) is 3.55. The second-order valence-corrected chi connectivity index (χ2v) is 5.42. The van der Waals surface area contributed by atoms with Gasteiger partial charge in [0.2, 0.25) is 11.3 Å². The van der Waals surface area contributed by atoms with Gasteiger partial charge in [-0.25, -0.2) is 18.4 Å². The molecule has 0 aromatic rings. The molecule has 2 fully saturated rings. The highest BCUT2D eigenvalue weighted by atomic mass is 32.2. The molecule has 0 amide bonds. The molecule has 94 valence electrons. The molecule has 3 N–H and O–H groups in total. The molecule has 8 heteroatoms. The van der Waals surface area contributed by atoms with Gasteiger partial charge in [-0.2, -0.15) is 0 Å². The number of halogens is 2. The highest BCUT2D eigenvalue weighted by Crippen LogP contribution is 2.44. The molecule has 1 saturated heterocycles. The summed E-state index contributed by atoms with van der Waals surface area (Å²) in [6.45, 7) is 1.19. The summed E-state index contributed by atoms with van der Waals surface area (Å²) in [6.07, 6.45) is -0.878. The van der Waals surface area contributed by atoms with Crippen molar-refractivity contribution in [2.24, 2.45) is 5.41 Å². The first-order valence-electron chi connectivity index (χ1n) is 5.14. The second-order valence-electron chi connectivity index (χ2n) is 4.52. The third-order valence-electron chi connectivity index (χ3n) is 3.18. The van der Waals surface area contributed by atoms with Crippen LogP contribution in [0.15, 0.2) is 0 Å². The maximum absolute atomic E-state index is 12.1. The van der Waals surface area contributed by atoms with Crippen LogP contribution >= 0.6 is 0 Å². The van der Waals surface area contributed by atoms with Crippen LogP contribution in [0.3, 0.4) is 0 Å². The summed E-state index contributed by atoms with van der Waals surface area (Å²) < 4.78 is 44.5. The fourth-order valence-corrected chi connectivity index (χ4v) is 2.81. The first kappa shape index (κ1) is 12.3. The Morgan fingerprint density at radius 3 is 2.56 bits per heavy atom. The molecular formula is C8H15F2N3O2S. The quantitative estimate of drug-likeness (QED) is 0.476. The van der Waals surface area contributed by atoms with Gasteiger partial charge in [0.25, 0.3) is 6.43 Å². The van der Waals surface area contributed by atoms with E-state index >= 15 is 0 Å². The molecule has 1 aliphatic carbocycles. The Bertz CT molecular complexity index is 280. The maximum Gasteiger partial charge on any atom is 0.253 e. The van der Waals surface area contributed by atoms with E-state index in [-0.39, 0.29) is 6.04 Å². The van der Waals surface area contributed by atoms with Crippen LogP contribution in [0.5, 0.6) is 0 Å². The molecule has 1 heterocycles. The number of alkyl halides is 2. The van der Waals surface area contributed by atoms with Gasteiger partial charge < -0.3 is 5.32 Å². The lowest BCUT2D eigenvalue weighted by Gasteiger charge is -2.55. The third kappa shape index (κ3) is 2.57. The predicted octanol–water partition coefficient (Wildman–Crippen LogP) is -0.0532. The van der Waals surface area contributed by atoms with Gasteiger partial charge in [-0.15, -0.1) is 4.41 Å². The molecule has 1 spiro atoms. The Labute approximate surface area is 95.0 Å². The minimum absolute atomic E-state index is 0.0388. The van der Waals surface area contributed by atoms with Crippen molar-refractivity contribution in [3.8, 4) is 0 Å². The number of nitrogens with one attached hydrogen (secondary N) is 2. The lowest BCUT2D eigenvalue weighted by Crippen LogP contribution is -2.66. The summed E-state index contributed by atoms with van der Waals surface area (Å²) >= 11 is -2.39. The van der Waals surface area contributed by atoms with Crippen LogP contribution in [0, 0.1) is 5.41 Å². The number of hydrogen-bond acceptors (Lipinski definition) is 3. The van der Waals surface area contributed by atoms with Crippen molar-refractivity contribution in [1.82, 2.24) is 15.2 Å². The molecule has 0 radical (unpaired) electrons. The Hall–Kier alpha value is -0.150. The van der Waals surface area contributed by atoms with Gasteiger partial charge in [-0.05, 0) is 18.3 Å². The van der Waals surface area contributed by atoms with Crippen LogP contribution in [0.1, 0.15) is 12.8 Å². The van der Waals surface area contributed by atoms with E-state index in [1.165, 1.54) is 0 Å². The normalized spacial score (nSPS) is 25.8. The second kappa shape index (κ2) is 4.61. The van der Waals surface area contributed by atoms with E-state index in [0.717, 1.165) is 25.9 Å². The topological polar surface area (TPSA) is 64.6 Å². The summed E-state index contributed by atoms with van der Waals surface area (Å²) in [7, 11) is 0. The van der Waals surface area contributed by atoms with Gasteiger partial charge in [-0.1, -0.05) is 0 Å². The van der Waals surface area contributed by atoms with E-state index < -0.39 is 24.2 Å². The van der Waals surface area contributed by atoms with Crippen LogP contribution in [0.25, 0.3) is 0 Å². The van der Waals surface area contributed by atoms with Crippen LogP contribution in [-0.2, 0) is 11.3 Å². The van der Waals surface area contributed by atoms with E-state index in [4.69, 9.17) is 4.55 Å². The van der Waals surface area contributed by atoms with Crippen molar-refractivity contribution in [1.29, 1.82) is 0 Å². The van der Waals surface area contributed by atoms with Gasteiger partial charge >= 0.3 is 0 Å². The monoisotopic (exact) mass is 255 g/mol. The molecule has 0 aromatic heterocycles. The van der Waals surface area contributed by atoms with Crippen molar-refractivity contribution in [2.45, 2.75) is 25.3 Å². The average Bonchev–Trinajstić information content (AvgIpc) is 2.03. The van der Waals surface area contributed by atoms with Crippen LogP contribution in [0.2, 0.25) is 0 Å². The van der Waals surface area contributed by atoms with Crippen LogP contribution in [0.4, 0.5) is 8.78 Å². The van der Waals surface area contributed by atoms with Gasteiger partial charge in [0, 0.05) is 19.1 Å². The van der Waals surface area contributed by atoms with E-state index in [0.29, 0.717) is 9.83 Å².